The van der Waals surface area contributed by atoms with Crippen molar-refractivity contribution in [2.24, 2.45) is 5.16 Å². The molecule has 0 radical (unpaired) electrons. The predicted octanol–water partition coefficient (Wildman–Crippen LogP) is 1.03. The van der Waals surface area contributed by atoms with Gasteiger partial charge in [-0.15, -0.1) is 0 Å². The molecule has 0 aromatic heterocycles. The smallest absolute Gasteiger partial charge is 0.270 e. The number of aldehydes is 1. The number of hydrogen-bond donors (Lipinski definition) is 2. The third-order valence-electron chi connectivity index (χ3n) is 1.77. The molecule has 0 aliphatic heterocycles. The largest absolute Gasteiger partial charge is 0.411 e. The molecule has 1 aromatic rings. The Hall–Kier alpha value is -2.61. The number of hydrogen-bond acceptors (Lipinski definition) is 4. The van der Waals surface area contributed by atoms with Gasteiger partial charge in [0.1, 0.15) is 12.5 Å². The molecule has 1 aromatic carbocycles. The molecule has 2 N–H and O–H groups in total. The van der Waals surface area contributed by atoms with Crippen LogP contribution in [0.1, 0.15) is 12.0 Å². The minimum absolute atomic E-state index is 0.139. The molecule has 0 atom stereocenters. The number of carbonyl (C=O) groups excluding carboxylic acids is 2. The van der Waals surface area contributed by atoms with Gasteiger partial charge in [-0.25, -0.2) is 0 Å². The standard InChI is InChI=1S/C12H10N2O3/c15-8-4-3-6-10-5-1-2-7-11(10)14-12(16)9-13-17/h1-2,5,7-9,17H,4H2,(H,14,16). The van der Waals surface area contributed by atoms with E-state index in [1.54, 1.807) is 24.3 Å². The molecule has 0 saturated heterocycles. The van der Waals surface area contributed by atoms with Gasteiger partial charge in [0, 0.05) is 5.56 Å². The zero-order chi connectivity index (χ0) is 12.5. The number of nitrogens with zero attached hydrogens (tertiary/aromatic N) is 1. The quantitative estimate of drug-likeness (QED) is 0.267. The van der Waals surface area contributed by atoms with Gasteiger partial charge in [0.25, 0.3) is 5.91 Å². The van der Waals surface area contributed by atoms with Crippen molar-refractivity contribution in [2.75, 3.05) is 5.32 Å². The second-order valence-electron chi connectivity index (χ2n) is 2.95. The summed E-state index contributed by atoms with van der Waals surface area (Å²) in [6, 6.07) is 6.87. The average molecular weight is 230 g/mol. The van der Waals surface area contributed by atoms with Crippen molar-refractivity contribution >= 4 is 24.1 Å². The van der Waals surface area contributed by atoms with Crippen molar-refractivity contribution in [1.82, 2.24) is 0 Å². The Morgan fingerprint density at radius 1 is 1.47 bits per heavy atom. The number of nitrogens with one attached hydrogen (secondary N) is 1. The number of rotatable bonds is 3. The van der Waals surface area contributed by atoms with Gasteiger partial charge in [-0.05, 0) is 12.1 Å². The first kappa shape index (κ1) is 12.5. The zero-order valence-electron chi connectivity index (χ0n) is 8.88. The van der Waals surface area contributed by atoms with E-state index in [-0.39, 0.29) is 6.42 Å². The van der Waals surface area contributed by atoms with Gasteiger partial charge in [0.2, 0.25) is 0 Å². The maximum Gasteiger partial charge on any atom is 0.270 e. The molecule has 5 nitrogen and oxygen atoms in total. The lowest BCUT2D eigenvalue weighted by molar-refractivity contribution is -0.110. The molecule has 1 rings (SSSR count). The lowest BCUT2D eigenvalue weighted by Crippen LogP contribution is -2.13. The molecule has 0 bridgehead atoms. The lowest BCUT2D eigenvalue weighted by Gasteiger charge is -2.03. The molecule has 0 aliphatic rings. The fourth-order valence-corrected chi connectivity index (χ4v) is 1.11. The highest BCUT2D eigenvalue weighted by molar-refractivity contribution is 6.31. The summed E-state index contributed by atoms with van der Waals surface area (Å²) in [5.74, 6) is 4.85. The molecule has 5 heteroatoms. The first-order valence-corrected chi connectivity index (χ1v) is 4.78. The van der Waals surface area contributed by atoms with E-state index in [0.717, 1.165) is 6.21 Å². The number of anilines is 1. The SMILES string of the molecule is O=CCC#Cc1ccccc1NC(=O)C=NO. The molecule has 0 heterocycles. The summed E-state index contributed by atoms with van der Waals surface area (Å²) in [5, 5.41) is 13.3. The van der Waals surface area contributed by atoms with Gasteiger partial charge in [0.05, 0.1) is 12.1 Å². The van der Waals surface area contributed by atoms with Crippen LogP contribution in [-0.2, 0) is 9.59 Å². The summed E-state index contributed by atoms with van der Waals surface area (Å²) in [5.41, 5.74) is 1.09. The summed E-state index contributed by atoms with van der Waals surface area (Å²) in [4.78, 5) is 21.3. The number of para-hydroxylation sites is 1. The van der Waals surface area contributed by atoms with Crippen LogP contribution in [0.4, 0.5) is 5.69 Å². The Labute approximate surface area is 98.1 Å². The molecule has 0 aliphatic carbocycles. The Morgan fingerprint density at radius 2 is 2.24 bits per heavy atom. The Bertz CT molecular complexity index is 498. The van der Waals surface area contributed by atoms with E-state index >= 15 is 0 Å². The second kappa shape index (κ2) is 6.80. The van der Waals surface area contributed by atoms with Crippen molar-refractivity contribution < 1.29 is 14.8 Å². The van der Waals surface area contributed by atoms with Crippen LogP contribution in [-0.4, -0.2) is 23.6 Å². The maximum atomic E-state index is 11.2. The van der Waals surface area contributed by atoms with Crippen molar-refractivity contribution in [1.29, 1.82) is 0 Å². The molecular formula is C12H10N2O3. The van der Waals surface area contributed by atoms with Crippen molar-refractivity contribution in [3.05, 3.63) is 29.8 Å². The Kier molecular flexibility index (Phi) is 4.98. The van der Waals surface area contributed by atoms with E-state index in [0.29, 0.717) is 17.5 Å². The normalized spacial score (nSPS) is 9.41. The minimum atomic E-state index is -0.558. The Morgan fingerprint density at radius 3 is 2.94 bits per heavy atom. The summed E-state index contributed by atoms with van der Waals surface area (Å²) in [7, 11) is 0. The third-order valence-corrected chi connectivity index (χ3v) is 1.77. The number of oxime groups is 1. The highest BCUT2D eigenvalue weighted by Crippen LogP contribution is 2.13. The maximum absolute atomic E-state index is 11.2. The molecular weight excluding hydrogens is 220 g/mol. The van der Waals surface area contributed by atoms with Crippen LogP contribution in [0.2, 0.25) is 0 Å². The van der Waals surface area contributed by atoms with Crippen molar-refractivity contribution in [3.8, 4) is 11.8 Å². The van der Waals surface area contributed by atoms with E-state index in [1.807, 2.05) is 0 Å². The molecule has 17 heavy (non-hydrogen) atoms. The molecule has 1 amide bonds. The van der Waals surface area contributed by atoms with Crippen LogP contribution >= 0.6 is 0 Å². The van der Waals surface area contributed by atoms with E-state index in [9.17, 15) is 9.59 Å². The van der Waals surface area contributed by atoms with Gasteiger partial charge >= 0.3 is 0 Å². The molecule has 0 fully saturated rings. The summed E-state index contributed by atoms with van der Waals surface area (Å²) in [6.07, 6.45) is 1.59. The number of carbonyl (C=O) groups is 2. The van der Waals surface area contributed by atoms with Gasteiger partial charge < -0.3 is 15.3 Å². The van der Waals surface area contributed by atoms with E-state index in [1.165, 1.54) is 0 Å². The highest BCUT2D eigenvalue weighted by Gasteiger charge is 2.02. The molecule has 0 spiro atoms. The van der Waals surface area contributed by atoms with E-state index in [4.69, 9.17) is 5.21 Å². The van der Waals surface area contributed by atoms with Crippen LogP contribution in [0.3, 0.4) is 0 Å². The predicted molar refractivity (Wildman–Crippen MR) is 62.9 cm³/mol. The second-order valence-corrected chi connectivity index (χ2v) is 2.95. The van der Waals surface area contributed by atoms with E-state index < -0.39 is 5.91 Å². The van der Waals surface area contributed by atoms with Crippen LogP contribution in [0.5, 0.6) is 0 Å². The topological polar surface area (TPSA) is 78.8 Å². The molecule has 0 unspecified atom stereocenters. The summed E-state index contributed by atoms with van der Waals surface area (Å²) >= 11 is 0. The van der Waals surface area contributed by atoms with Crippen LogP contribution < -0.4 is 5.32 Å². The van der Waals surface area contributed by atoms with Crippen molar-refractivity contribution in [3.63, 3.8) is 0 Å². The fraction of sp³-hybridized carbons (Fsp3) is 0.0833. The average Bonchev–Trinajstić information content (AvgIpc) is 2.32. The third kappa shape index (κ3) is 4.18. The van der Waals surface area contributed by atoms with Gasteiger partial charge in [-0.3, -0.25) is 4.79 Å². The summed E-state index contributed by atoms with van der Waals surface area (Å²) in [6.45, 7) is 0. The highest BCUT2D eigenvalue weighted by atomic mass is 16.4. The fourth-order valence-electron chi connectivity index (χ4n) is 1.11. The van der Waals surface area contributed by atoms with Crippen molar-refractivity contribution in [2.45, 2.75) is 6.42 Å². The number of benzene rings is 1. The molecule has 86 valence electrons. The van der Waals surface area contributed by atoms with Gasteiger partial charge in [-0.1, -0.05) is 29.1 Å². The van der Waals surface area contributed by atoms with Crippen LogP contribution in [0.15, 0.2) is 29.4 Å². The first-order chi connectivity index (χ1) is 8.27. The lowest BCUT2D eigenvalue weighted by atomic mass is 10.2. The first-order valence-electron chi connectivity index (χ1n) is 4.78. The number of amides is 1. The van der Waals surface area contributed by atoms with Gasteiger partial charge in [-0.2, -0.15) is 0 Å². The van der Waals surface area contributed by atoms with Crippen LogP contribution in [0.25, 0.3) is 0 Å². The summed E-state index contributed by atoms with van der Waals surface area (Å²) < 4.78 is 0. The zero-order valence-corrected chi connectivity index (χ0v) is 8.88. The minimum Gasteiger partial charge on any atom is -0.411 e. The van der Waals surface area contributed by atoms with Gasteiger partial charge in [0.15, 0.2) is 0 Å². The van der Waals surface area contributed by atoms with E-state index in [2.05, 4.69) is 22.3 Å². The van der Waals surface area contributed by atoms with Crippen LogP contribution in [0, 0.1) is 11.8 Å². The molecule has 0 saturated carbocycles. The Balaban J connectivity index is 2.89. The monoisotopic (exact) mass is 230 g/mol.